The van der Waals surface area contributed by atoms with Gasteiger partial charge in [-0.05, 0) is 42.9 Å². The molecule has 8 heteroatoms. The zero-order valence-corrected chi connectivity index (χ0v) is 20.5. The molecule has 1 aliphatic heterocycles. The minimum absolute atomic E-state index is 0.0156. The van der Waals surface area contributed by atoms with E-state index in [0.29, 0.717) is 30.0 Å². The maximum Gasteiger partial charge on any atom is 0.308 e. The van der Waals surface area contributed by atoms with Crippen LogP contribution in [0.5, 0.6) is 5.75 Å². The van der Waals surface area contributed by atoms with E-state index in [4.69, 9.17) is 4.74 Å². The number of ketones is 1. The van der Waals surface area contributed by atoms with Crippen LogP contribution >= 0.6 is 15.9 Å². The van der Waals surface area contributed by atoms with Crippen molar-refractivity contribution >= 4 is 39.3 Å². The summed E-state index contributed by atoms with van der Waals surface area (Å²) in [6.45, 7) is 7.88. The maximum absolute atomic E-state index is 13.1. The van der Waals surface area contributed by atoms with Gasteiger partial charge < -0.3 is 19.6 Å². The number of likely N-dealkylation sites (N-methyl/N-ethyl adjacent to an activating group) is 1. The number of rotatable bonds is 8. The molecule has 2 aromatic carbocycles. The number of hydrogen-bond donors (Lipinski definition) is 1. The number of carbonyl (C=O) groups is 3. The lowest BCUT2D eigenvalue weighted by Crippen LogP contribution is -2.38. The van der Waals surface area contributed by atoms with Crippen LogP contribution in [0.3, 0.4) is 0 Å². The van der Waals surface area contributed by atoms with Crippen LogP contribution in [0.4, 0.5) is 0 Å². The van der Waals surface area contributed by atoms with E-state index in [1.807, 2.05) is 13.8 Å². The second kappa shape index (κ2) is 10.8. The van der Waals surface area contributed by atoms with Crippen LogP contribution < -0.4 is 4.74 Å². The summed E-state index contributed by atoms with van der Waals surface area (Å²) in [6.07, 6.45) is 0. The molecular formula is C25H27BrN2O5. The number of ether oxygens (including phenoxy) is 1. The highest BCUT2D eigenvalue weighted by atomic mass is 79.9. The van der Waals surface area contributed by atoms with E-state index in [2.05, 4.69) is 20.8 Å². The molecule has 33 heavy (non-hydrogen) atoms. The summed E-state index contributed by atoms with van der Waals surface area (Å²) in [5.41, 5.74) is 1.02. The standard InChI is InChI=1S/C25H27BrN2O5/c1-4-27(5-2)13-14-28-22(18-7-6-8-20(15-18)33-16(3)29)21(24(31)25(28)32)23(30)17-9-11-19(26)12-10-17/h6-12,15,22,30H,4-5,13-14H2,1-3H3/b23-21-. The number of esters is 1. The van der Waals surface area contributed by atoms with Gasteiger partial charge in [0, 0.05) is 30.0 Å². The van der Waals surface area contributed by atoms with Crippen molar-refractivity contribution in [2.24, 2.45) is 0 Å². The van der Waals surface area contributed by atoms with E-state index in [9.17, 15) is 19.5 Å². The Balaban J connectivity index is 2.11. The summed E-state index contributed by atoms with van der Waals surface area (Å²) in [5.74, 6) is -1.81. The van der Waals surface area contributed by atoms with Crippen molar-refractivity contribution in [1.82, 2.24) is 9.80 Å². The van der Waals surface area contributed by atoms with Crippen molar-refractivity contribution in [3.05, 3.63) is 69.7 Å². The number of benzene rings is 2. The lowest BCUT2D eigenvalue weighted by atomic mass is 9.95. The Kier molecular flexibility index (Phi) is 8.05. The molecule has 2 aromatic rings. The fourth-order valence-electron chi connectivity index (χ4n) is 3.92. The molecule has 1 saturated heterocycles. The number of Topliss-reactive ketones (excluding diaryl/α,β-unsaturated/α-hetero) is 1. The monoisotopic (exact) mass is 514 g/mol. The molecule has 0 aromatic heterocycles. The predicted molar refractivity (Wildman–Crippen MR) is 129 cm³/mol. The van der Waals surface area contributed by atoms with Crippen molar-refractivity contribution in [2.45, 2.75) is 26.8 Å². The number of aliphatic hydroxyl groups excluding tert-OH is 1. The van der Waals surface area contributed by atoms with Gasteiger partial charge in [-0.2, -0.15) is 0 Å². The first kappa shape index (κ1) is 24.7. The van der Waals surface area contributed by atoms with Gasteiger partial charge >= 0.3 is 5.97 Å². The smallest absolute Gasteiger partial charge is 0.308 e. The molecular weight excluding hydrogens is 488 g/mol. The second-order valence-corrected chi connectivity index (χ2v) is 8.61. The van der Waals surface area contributed by atoms with Crippen LogP contribution in [0.15, 0.2) is 58.6 Å². The van der Waals surface area contributed by atoms with Crippen LogP contribution in [0, 0.1) is 0 Å². The molecule has 1 fully saturated rings. The first-order valence-corrected chi connectivity index (χ1v) is 11.6. The molecule has 0 radical (unpaired) electrons. The molecule has 7 nitrogen and oxygen atoms in total. The summed E-state index contributed by atoms with van der Waals surface area (Å²) in [6, 6.07) is 12.7. The third kappa shape index (κ3) is 5.51. The fraction of sp³-hybridized carbons (Fsp3) is 0.320. The number of aliphatic hydroxyl groups is 1. The number of nitrogens with zero attached hydrogens (tertiary/aromatic N) is 2. The molecule has 1 amide bonds. The Morgan fingerprint density at radius 3 is 2.39 bits per heavy atom. The van der Waals surface area contributed by atoms with Gasteiger partial charge in [-0.1, -0.05) is 54.0 Å². The zero-order chi connectivity index (χ0) is 24.1. The van der Waals surface area contributed by atoms with Crippen molar-refractivity contribution in [2.75, 3.05) is 26.2 Å². The van der Waals surface area contributed by atoms with Gasteiger partial charge in [-0.3, -0.25) is 14.4 Å². The molecule has 1 N–H and O–H groups in total. The first-order valence-electron chi connectivity index (χ1n) is 10.8. The second-order valence-electron chi connectivity index (χ2n) is 7.69. The molecule has 1 unspecified atom stereocenters. The van der Waals surface area contributed by atoms with E-state index in [0.717, 1.165) is 17.6 Å². The van der Waals surface area contributed by atoms with Crippen LogP contribution in [-0.2, 0) is 14.4 Å². The van der Waals surface area contributed by atoms with Gasteiger partial charge in [0.05, 0.1) is 11.6 Å². The third-order valence-electron chi connectivity index (χ3n) is 5.64. The number of likely N-dealkylation sites (tertiary alicyclic amines) is 1. The van der Waals surface area contributed by atoms with Gasteiger partial charge in [-0.15, -0.1) is 0 Å². The van der Waals surface area contributed by atoms with Crippen LogP contribution in [0.1, 0.15) is 37.9 Å². The van der Waals surface area contributed by atoms with Crippen molar-refractivity contribution in [1.29, 1.82) is 0 Å². The van der Waals surface area contributed by atoms with Crippen LogP contribution in [0.2, 0.25) is 0 Å². The molecule has 0 aliphatic carbocycles. The van der Waals surface area contributed by atoms with Gasteiger partial charge in [0.2, 0.25) is 0 Å². The number of halogens is 1. The van der Waals surface area contributed by atoms with Gasteiger partial charge in [0.15, 0.2) is 0 Å². The predicted octanol–water partition coefficient (Wildman–Crippen LogP) is 4.14. The topological polar surface area (TPSA) is 87.2 Å². The van der Waals surface area contributed by atoms with Gasteiger partial charge in [-0.25, -0.2) is 0 Å². The average Bonchev–Trinajstić information content (AvgIpc) is 3.04. The fourth-order valence-corrected chi connectivity index (χ4v) is 4.19. The minimum Gasteiger partial charge on any atom is -0.507 e. The SMILES string of the molecule is CCN(CC)CCN1C(=O)C(=O)/C(=C(\O)c2ccc(Br)cc2)C1c1cccc(OC(C)=O)c1. The number of hydrogen-bond acceptors (Lipinski definition) is 6. The van der Waals surface area contributed by atoms with Crippen LogP contribution in [-0.4, -0.2) is 58.7 Å². The molecule has 1 atom stereocenters. The third-order valence-corrected chi connectivity index (χ3v) is 6.17. The molecule has 0 bridgehead atoms. The van der Waals surface area contributed by atoms with E-state index in [1.165, 1.54) is 11.8 Å². The molecule has 1 aliphatic rings. The number of amides is 1. The lowest BCUT2D eigenvalue weighted by molar-refractivity contribution is -0.140. The van der Waals surface area contributed by atoms with Crippen molar-refractivity contribution in [3.63, 3.8) is 0 Å². The van der Waals surface area contributed by atoms with E-state index in [-0.39, 0.29) is 11.3 Å². The Bertz CT molecular complexity index is 1080. The first-order chi connectivity index (χ1) is 15.8. The van der Waals surface area contributed by atoms with Crippen molar-refractivity contribution < 1.29 is 24.2 Å². The summed E-state index contributed by atoms with van der Waals surface area (Å²) in [4.78, 5) is 41.3. The Hall–Kier alpha value is -2.97. The zero-order valence-electron chi connectivity index (χ0n) is 18.9. The largest absolute Gasteiger partial charge is 0.507 e. The molecule has 174 valence electrons. The van der Waals surface area contributed by atoms with E-state index < -0.39 is 23.7 Å². The Morgan fingerprint density at radius 1 is 1.12 bits per heavy atom. The molecule has 1 heterocycles. The Labute approximate surface area is 201 Å². The Morgan fingerprint density at radius 2 is 1.79 bits per heavy atom. The summed E-state index contributed by atoms with van der Waals surface area (Å²) < 4.78 is 6.03. The summed E-state index contributed by atoms with van der Waals surface area (Å²) >= 11 is 3.36. The lowest BCUT2D eigenvalue weighted by Gasteiger charge is -2.28. The van der Waals surface area contributed by atoms with E-state index in [1.54, 1.807) is 48.5 Å². The maximum atomic E-state index is 13.1. The van der Waals surface area contributed by atoms with E-state index >= 15 is 0 Å². The quantitative estimate of drug-likeness (QED) is 0.187. The molecule has 3 rings (SSSR count). The highest BCUT2D eigenvalue weighted by Gasteiger charge is 2.46. The van der Waals surface area contributed by atoms with Gasteiger partial charge in [0.1, 0.15) is 11.5 Å². The highest BCUT2D eigenvalue weighted by molar-refractivity contribution is 9.10. The van der Waals surface area contributed by atoms with Crippen molar-refractivity contribution in [3.8, 4) is 5.75 Å². The number of carbonyl (C=O) groups excluding carboxylic acids is 3. The molecule has 0 spiro atoms. The summed E-state index contributed by atoms with van der Waals surface area (Å²) in [5, 5.41) is 11.1. The molecule has 0 saturated carbocycles. The van der Waals surface area contributed by atoms with Gasteiger partial charge in [0.25, 0.3) is 11.7 Å². The van der Waals surface area contributed by atoms with Crippen LogP contribution in [0.25, 0.3) is 5.76 Å². The summed E-state index contributed by atoms with van der Waals surface area (Å²) in [7, 11) is 0. The normalized spacial score (nSPS) is 17.6. The minimum atomic E-state index is -0.806. The average molecular weight is 515 g/mol. The highest BCUT2D eigenvalue weighted by Crippen LogP contribution is 2.40.